The number of H-pyrrole nitrogens is 2. The average molecular weight is 520 g/mol. The largest absolute Gasteiger partial charge is 0.382 e. The zero-order chi connectivity index (χ0) is 26.3. The van der Waals surface area contributed by atoms with Crippen LogP contribution in [0.3, 0.4) is 0 Å². The van der Waals surface area contributed by atoms with Crippen LogP contribution in [-0.4, -0.2) is 38.2 Å². The third-order valence-electron chi connectivity index (χ3n) is 6.77. The summed E-state index contributed by atoms with van der Waals surface area (Å²) >= 11 is 6.58. The van der Waals surface area contributed by atoms with Crippen LogP contribution in [0, 0.1) is 5.41 Å². The molecule has 4 aromatic rings. The quantitative estimate of drug-likeness (QED) is 0.252. The van der Waals surface area contributed by atoms with E-state index >= 15 is 4.39 Å². The van der Waals surface area contributed by atoms with E-state index in [4.69, 9.17) is 33.8 Å². The fourth-order valence-corrected chi connectivity index (χ4v) is 5.04. The summed E-state index contributed by atoms with van der Waals surface area (Å²) < 4.78 is 15.9. The number of hydrogen-bond acceptors (Lipinski definition) is 5. The minimum Gasteiger partial charge on any atom is -0.382 e. The van der Waals surface area contributed by atoms with Crippen molar-refractivity contribution in [2.75, 3.05) is 5.73 Å². The zero-order valence-electron chi connectivity index (χ0n) is 19.4. The van der Waals surface area contributed by atoms with E-state index < -0.39 is 29.3 Å². The summed E-state index contributed by atoms with van der Waals surface area (Å²) in [5.74, 6) is -2.00. The molecule has 1 aliphatic carbocycles. The fraction of sp³-hybridized carbons (Fsp3) is 0.154. The van der Waals surface area contributed by atoms with Gasteiger partial charge in [0.25, 0.3) is 0 Å². The summed E-state index contributed by atoms with van der Waals surface area (Å²) in [7, 11) is 0. The second kappa shape index (κ2) is 9.21. The van der Waals surface area contributed by atoms with Gasteiger partial charge < -0.3 is 22.2 Å². The highest BCUT2D eigenvalue weighted by molar-refractivity contribution is 6.32. The molecule has 3 atom stereocenters. The second-order valence-electron chi connectivity index (χ2n) is 8.91. The number of nitrogens with zero attached hydrogens (tertiary/aromatic N) is 2. The Labute approximate surface area is 215 Å². The van der Waals surface area contributed by atoms with Crippen molar-refractivity contribution < 1.29 is 14.0 Å². The van der Waals surface area contributed by atoms with Gasteiger partial charge in [-0.15, -0.1) is 0 Å². The lowest BCUT2D eigenvalue weighted by Crippen LogP contribution is -2.49. The number of benzene rings is 2. The molecule has 0 saturated carbocycles. The minimum absolute atomic E-state index is 0.0480. The van der Waals surface area contributed by atoms with E-state index in [1.54, 1.807) is 18.2 Å². The Kier molecular flexibility index (Phi) is 6.04. The van der Waals surface area contributed by atoms with Gasteiger partial charge in [0.15, 0.2) is 5.82 Å². The number of fused-ring (bicyclic) bond motifs is 1. The van der Waals surface area contributed by atoms with Crippen LogP contribution in [0.4, 0.5) is 10.2 Å². The van der Waals surface area contributed by atoms with E-state index in [-0.39, 0.29) is 23.0 Å². The molecule has 0 bridgehead atoms. The predicted molar refractivity (Wildman–Crippen MR) is 139 cm³/mol. The Balaban J connectivity index is 1.64. The van der Waals surface area contributed by atoms with Gasteiger partial charge in [-0.05, 0) is 30.2 Å². The molecule has 2 amide bonds. The molecule has 11 heteroatoms. The zero-order valence-corrected chi connectivity index (χ0v) is 20.2. The van der Waals surface area contributed by atoms with Crippen molar-refractivity contribution >= 4 is 40.1 Å². The number of primary amides is 2. The van der Waals surface area contributed by atoms with Crippen molar-refractivity contribution in [1.82, 2.24) is 20.2 Å². The first-order valence-electron chi connectivity index (χ1n) is 11.4. The van der Waals surface area contributed by atoms with Gasteiger partial charge >= 0.3 is 0 Å². The van der Waals surface area contributed by atoms with Crippen LogP contribution in [0.1, 0.15) is 17.3 Å². The van der Waals surface area contributed by atoms with E-state index in [9.17, 15) is 9.59 Å². The maximum Gasteiger partial charge on any atom is 0.248 e. The van der Waals surface area contributed by atoms with Gasteiger partial charge in [0.1, 0.15) is 28.3 Å². The van der Waals surface area contributed by atoms with Gasteiger partial charge in [-0.25, -0.2) is 9.37 Å². The summed E-state index contributed by atoms with van der Waals surface area (Å²) in [6.07, 6.45) is 1.91. The molecule has 2 aromatic carbocycles. The number of nitrogens with two attached hydrogens (primary N) is 3. The minimum atomic E-state index is -1.94. The van der Waals surface area contributed by atoms with Gasteiger partial charge in [0.05, 0.1) is 5.52 Å². The lowest BCUT2D eigenvalue weighted by molar-refractivity contribution is -0.129. The van der Waals surface area contributed by atoms with Gasteiger partial charge in [-0.2, -0.15) is 5.10 Å². The Morgan fingerprint density at radius 3 is 2.59 bits per heavy atom. The molecular formula is C26H23ClFN7O2. The monoisotopic (exact) mass is 519 g/mol. The summed E-state index contributed by atoms with van der Waals surface area (Å²) in [5, 5.41) is 7.80. The SMILES string of the molecule is NC(=O)C1=CC(F)C(C(N)=O)([C@H](Cc2ccccc2)c2nc(-c3ccc4c(N)n[nH]c4c3)c(Cl)[nH]2)C=C1. The molecule has 188 valence electrons. The molecule has 0 radical (unpaired) electrons. The van der Waals surface area contributed by atoms with Crippen molar-refractivity contribution in [2.24, 2.45) is 16.9 Å². The van der Waals surface area contributed by atoms with Crippen LogP contribution in [0.5, 0.6) is 0 Å². The molecule has 2 unspecified atom stereocenters. The third-order valence-corrected chi connectivity index (χ3v) is 7.04. The number of aromatic amines is 2. The van der Waals surface area contributed by atoms with Crippen molar-refractivity contribution in [3.8, 4) is 11.3 Å². The molecule has 0 fully saturated rings. The molecule has 9 nitrogen and oxygen atoms in total. The van der Waals surface area contributed by atoms with Crippen molar-refractivity contribution in [1.29, 1.82) is 0 Å². The van der Waals surface area contributed by atoms with Gasteiger partial charge in [0.2, 0.25) is 11.8 Å². The topological polar surface area (TPSA) is 170 Å². The van der Waals surface area contributed by atoms with Crippen LogP contribution in [0.15, 0.2) is 72.3 Å². The number of aromatic nitrogens is 4. The Bertz CT molecular complexity index is 1580. The summed E-state index contributed by atoms with van der Waals surface area (Å²) in [5.41, 5.74) is 17.7. The number of halogens is 2. The highest BCUT2D eigenvalue weighted by atomic mass is 35.5. The van der Waals surface area contributed by atoms with Crippen LogP contribution in [0.2, 0.25) is 5.15 Å². The molecule has 0 spiro atoms. The normalized spacial score (nSPS) is 20.1. The first-order chi connectivity index (χ1) is 17.7. The lowest BCUT2D eigenvalue weighted by atomic mass is 9.66. The Hall–Kier alpha value is -4.44. The first kappa shape index (κ1) is 24.3. The third kappa shape index (κ3) is 4.15. The molecule has 5 rings (SSSR count). The number of carbonyl (C=O) groups is 2. The predicted octanol–water partition coefficient (Wildman–Crippen LogP) is 3.31. The maximum absolute atomic E-state index is 15.9. The summed E-state index contributed by atoms with van der Waals surface area (Å²) in [6, 6.07) is 14.6. The summed E-state index contributed by atoms with van der Waals surface area (Å²) in [4.78, 5) is 32.4. The molecular weight excluding hydrogens is 497 g/mol. The highest BCUT2D eigenvalue weighted by Crippen LogP contribution is 2.47. The second-order valence-corrected chi connectivity index (χ2v) is 9.29. The molecule has 2 heterocycles. The van der Waals surface area contributed by atoms with E-state index in [1.165, 1.54) is 12.2 Å². The van der Waals surface area contributed by atoms with E-state index in [2.05, 4.69) is 15.2 Å². The Morgan fingerprint density at radius 2 is 1.92 bits per heavy atom. The smallest absolute Gasteiger partial charge is 0.248 e. The number of hydrogen-bond donors (Lipinski definition) is 5. The average Bonchev–Trinajstić information content (AvgIpc) is 3.45. The van der Waals surface area contributed by atoms with Crippen LogP contribution < -0.4 is 17.2 Å². The maximum atomic E-state index is 15.9. The fourth-order valence-electron chi connectivity index (χ4n) is 4.79. The molecule has 1 aliphatic rings. The Morgan fingerprint density at radius 1 is 1.16 bits per heavy atom. The first-order valence-corrected chi connectivity index (χ1v) is 11.8. The molecule has 8 N–H and O–H groups in total. The molecule has 37 heavy (non-hydrogen) atoms. The number of nitrogens with one attached hydrogen (secondary N) is 2. The summed E-state index contributed by atoms with van der Waals surface area (Å²) in [6.45, 7) is 0. The number of anilines is 1. The van der Waals surface area contributed by atoms with Gasteiger partial charge in [0, 0.05) is 22.4 Å². The molecule has 0 aliphatic heterocycles. The van der Waals surface area contributed by atoms with Crippen molar-refractivity contribution in [2.45, 2.75) is 18.5 Å². The standard InChI is InChI=1S/C26H23ClFN7O2/c27-21-20(14-6-7-16-18(11-14)34-35-22(16)29)32-24(33-21)17(10-13-4-2-1-3-5-13)26(25(31)37)9-8-15(23(30)36)12-19(26)28/h1-9,11-12,17,19H,10H2,(H2,30,36)(H2,31,37)(H,32,33)(H3,29,34,35)/t17-,19?,26?/m1/s1. The molecule has 0 saturated heterocycles. The van der Waals surface area contributed by atoms with E-state index in [0.717, 1.165) is 17.0 Å². The lowest BCUT2D eigenvalue weighted by Gasteiger charge is -2.38. The number of imidazole rings is 1. The number of amides is 2. The number of allylic oxidation sites excluding steroid dienone is 1. The molecule has 2 aromatic heterocycles. The van der Waals surface area contributed by atoms with Crippen molar-refractivity contribution in [3.63, 3.8) is 0 Å². The van der Waals surface area contributed by atoms with Gasteiger partial charge in [-0.1, -0.05) is 60.2 Å². The number of nitrogen functional groups attached to an aromatic ring is 1. The van der Waals surface area contributed by atoms with E-state index in [1.807, 2.05) is 30.3 Å². The van der Waals surface area contributed by atoms with Crippen LogP contribution in [0.25, 0.3) is 22.2 Å². The van der Waals surface area contributed by atoms with Crippen LogP contribution >= 0.6 is 11.6 Å². The number of rotatable bonds is 7. The number of carbonyl (C=O) groups excluding carboxylic acids is 2. The number of alkyl halides is 1. The van der Waals surface area contributed by atoms with Gasteiger partial charge in [-0.3, -0.25) is 14.7 Å². The highest BCUT2D eigenvalue weighted by Gasteiger charge is 2.52. The van der Waals surface area contributed by atoms with Crippen molar-refractivity contribution in [3.05, 3.63) is 88.9 Å². The van der Waals surface area contributed by atoms with Crippen LogP contribution in [-0.2, 0) is 16.0 Å². The van der Waals surface area contributed by atoms with E-state index in [0.29, 0.717) is 22.6 Å².